The van der Waals surface area contributed by atoms with Gasteiger partial charge in [0.15, 0.2) is 0 Å². The second-order valence-corrected chi connectivity index (χ2v) is 5.28. The van der Waals surface area contributed by atoms with E-state index in [1.807, 2.05) is 19.9 Å². The van der Waals surface area contributed by atoms with Crippen LogP contribution in [0.25, 0.3) is 5.70 Å². The fourth-order valence-corrected chi connectivity index (χ4v) is 2.25. The van der Waals surface area contributed by atoms with E-state index in [9.17, 15) is 5.11 Å². The predicted molar refractivity (Wildman–Crippen MR) is 78.9 cm³/mol. The molecule has 3 heteroatoms. The van der Waals surface area contributed by atoms with Crippen LogP contribution in [-0.2, 0) is 6.42 Å². The molecule has 0 amide bonds. The summed E-state index contributed by atoms with van der Waals surface area (Å²) >= 11 is 0. The van der Waals surface area contributed by atoms with Gasteiger partial charge in [-0.25, -0.2) is 0 Å². The summed E-state index contributed by atoms with van der Waals surface area (Å²) in [6, 6.07) is 3.60. The summed E-state index contributed by atoms with van der Waals surface area (Å²) in [6.07, 6.45) is 5.10. The molecule has 0 saturated carbocycles. The highest BCUT2D eigenvalue weighted by molar-refractivity contribution is 5.72. The monoisotopic (exact) mass is 257 g/mol. The van der Waals surface area contributed by atoms with Crippen LogP contribution < -0.4 is 4.74 Å². The highest BCUT2D eigenvalue weighted by Gasteiger charge is 2.28. The summed E-state index contributed by atoms with van der Waals surface area (Å²) in [5.41, 5.74) is 2.11. The molecule has 1 aromatic carbocycles. The maximum absolute atomic E-state index is 10.1. The Balaban J connectivity index is 2.51. The minimum Gasteiger partial charge on any atom is -0.508 e. The van der Waals surface area contributed by atoms with Gasteiger partial charge >= 0.3 is 0 Å². The summed E-state index contributed by atoms with van der Waals surface area (Å²) < 4.78 is 5.94. The van der Waals surface area contributed by atoms with Crippen LogP contribution in [0.5, 0.6) is 11.5 Å². The van der Waals surface area contributed by atoms with E-state index in [2.05, 4.69) is 18.3 Å². The van der Waals surface area contributed by atoms with Gasteiger partial charge in [0.1, 0.15) is 17.1 Å². The zero-order chi connectivity index (χ0) is 14.0. The number of aromatic hydroxyl groups is 1. The van der Waals surface area contributed by atoms with Gasteiger partial charge in [-0.15, -0.1) is 0 Å². The highest BCUT2D eigenvalue weighted by atomic mass is 16.5. The standard InChI is InChI=1S/C16H19NO2/c1-5-6-13(17-4)11-9-14(18)12-7-8-16(2,3)19-15(12)10-11/h5-6,9-10,18H,1,4,7-8H2,2-3H3/b13-6-. The van der Waals surface area contributed by atoms with E-state index >= 15 is 0 Å². The normalized spacial score (nSPS) is 17.3. The summed E-state index contributed by atoms with van der Waals surface area (Å²) in [5, 5.41) is 10.1. The summed E-state index contributed by atoms with van der Waals surface area (Å²) in [5.74, 6) is 0.978. The maximum atomic E-state index is 10.1. The molecule has 0 fully saturated rings. The molecule has 0 radical (unpaired) electrons. The number of phenols is 1. The number of benzene rings is 1. The van der Waals surface area contributed by atoms with E-state index in [0.29, 0.717) is 5.70 Å². The lowest BCUT2D eigenvalue weighted by Gasteiger charge is -2.33. The fraction of sp³-hybridized carbons (Fsp3) is 0.312. The molecule has 1 aromatic rings. The van der Waals surface area contributed by atoms with E-state index in [0.717, 1.165) is 29.7 Å². The topological polar surface area (TPSA) is 41.8 Å². The Kier molecular flexibility index (Phi) is 3.47. The van der Waals surface area contributed by atoms with Crippen LogP contribution in [0.4, 0.5) is 0 Å². The van der Waals surface area contributed by atoms with Crippen LogP contribution in [0.3, 0.4) is 0 Å². The number of aliphatic imine (C=N–C) groups is 1. The molecule has 3 nitrogen and oxygen atoms in total. The second-order valence-electron chi connectivity index (χ2n) is 5.28. The molecule has 1 heterocycles. The van der Waals surface area contributed by atoms with E-state index in [1.165, 1.54) is 0 Å². The molecule has 0 bridgehead atoms. The van der Waals surface area contributed by atoms with Crippen molar-refractivity contribution >= 4 is 12.4 Å². The number of hydrogen-bond acceptors (Lipinski definition) is 3. The van der Waals surface area contributed by atoms with Crippen molar-refractivity contribution in [2.75, 3.05) is 0 Å². The molecule has 1 N–H and O–H groups in total. The van der Waals surface area contributed by atoms with Gasteiger partial charge in [-0.3, -0.25) is 4.99 Å². The third kappa shape index (κ3) is 2.70. The zero-order valence-corrected chi connectivity index (χ0v) is 11.4. The van der Waals surface area contributed by atoms with Crippen LogP contribution in [0.1, 0.15) is 31.4 Å². The Morgan fingerprint density at radius 2 is 2.21 bits per heavy atom. The first-order valence-corrected chi connectivity index (χ1v) is 6.31. The SMILES string of the molecule is C=C/C=C(\N=C)c1cc(O)c2c(c1)OC(C)(C)CC2. The minimum absolute atomic E-state index is 0.206. The highest BCUT2D eigenvalue weighted by Crippen LogP contribution is 2.40. The van der Waals surface area contributed by atoms with Crippen molar-refractivity contribution in [2.45, 2.75) is 32.3 Å². The van der Waals surface area contributed by atoms with Gasteiger partial charge in [-0.1, -0.05) is 12.7 Å². The van der Waals surface area contributed by atoms with Gasteiger partial charge in [-0.05, 0) is 51.6 Å². The number of rotatable bonds is 3. The number of allylic oxidation sites excluding steroid dienone is 2. The molecule has 0 saturated heterocycles. The molecular weight excluding hydrogens is 238 g/mol. The average molecular weight is 257 g/mol. The molecule has 0 aromatic heterocycles. The number of phenolic OH excluding ortho intramolecular Hbond substituents is 1. The third-order valence-corrected chi connectivity index (χ3v) is 3.29. The lowest BCUT2D eigenvalue weighted by atomic mass is 9.92. The van der Waals surface area contributed by atoms with Crippen molar-refractivity contribution in [3.05, 3.63) is 42.0 Å². The molecule has 0 aliphatic carbocycles. The fourth-order valence-electron chi connectivity index (χ4n) is 2.25. The van der Waals surface area contributed by atoms with Gasteiger partial charge in [0.2, 0.25) is 0 Å². The Bertz CT molecular complexity index is 556. The summed E-state index contributed by atoms with van der Waals surface area (Å²) in [6.45, 7) is 11.3. The third-order valence-electron chi connectivity index (χ3n) is 3.29. The molecule has 100 valence electrons. The number of fused-ring (bicyclic) bond motifs is 1. The first-order chi connectivity index (χ1) is 8.96. The van der Waals surface area contributed by atoms with Gasteiger partial charge in [0, 0.05) is 11.1 Å². The van der Waals surface area contributed by atoms with Gasteiger partial charge in [0.25, 0.3) is 0 Å². The average Bonchev–Trinajstić information content (AvgIpc) is 2.34. The van der Waals surface area contributed by atoms with Crippen LogP contribution in [0.2, 0.25) is 0 Å². The Hall–Kier alpha value is -2.03. The summed E-state index contributed by atoms with van der Waals surface area (Å²) in [4.78, 5) is 3.95. The van der Waals surface area contributed by atoms with Crippen LogP contribution in [0.15, 0.2) is 35.9 Å². The lowest BCUT2D eigenvalue weighted by molar-refractivity contribution is 0.0837. The number of ether oxygens (including phenoxy) is 1. The Labute approximate surface area is 113 Å². The molecule has 19 heavy (non-hydrogen) atoms. The molecule has 0 unspecified atom stereocenters. The van der Waals surface area contributed by atoms with E-state index in [1.54, 1.807) is 18.2 Å². The molecule has 1 aliphatic rings. The molecule has 1 aliphatic heterocycles. The lowest BCUT2D eigenvalue weighted by Crippen LogP contribution is -2.32. The number of hydrogen-bond donors (Lipinski definition) is 1. The van der Waals surface area contributed by atoms with Crippen molar-refractivity contribution < 1.29 is 9.84 Å². The quantitative estimate of drug-likeness (QED) is 0.662. The van der Waals surface area contributed by atoms with Gasteiger partial charge in [0.05, 0.1) is 5.70 Å². The Morgan fingerprint density at radius 1 is 1.47 bits per heavy atom. The van der Waals surface area contributed by atoms with Crippen molar-refractivity contribution in [1.29, 1.82) is 0 Å². The van der Waals surface area contributed by atoms with Crippen LogP contribution in [-0.4, -0.2) is 17.4 Å². The maximum Gasteiger partial charge on any atom is 0.127 e. The predicted octanol–water partition coefficient (Wildman–Crippen LogP) is 3.72. The number of nitrogens with zero attached hydrogens (tertiary/aromatic N) is 1. The Morgan fingerprint density at radius 3 is 2.84 bits per heavy atom. The van der Waals surface area contributed by atoms with E-state index < -0.39 is 0 Å². The molecule has 0 atom stereocenters. The van der Waals surface area contributed by atoms with Crippen molar-refractivity contribution in [3.8, 4) is 11.5 Å². The van der Waals surface area contributed by atoms with Crippen molar-refractivity contribution in [2.24, 2.45) is 4.99 Å². The van der Waals surface area contributed by atoms with Crippen molar-refractivity contribution in [1.82, 2.24) is 0 Å². The van der Waals surface area contributed by atoms with Crippen LogP contribution in [0, 0.1) is 0 Å². The van der Waals surface area contributed by atoms with Crippen molar-refractivity contribution in [3.63, 3.8) is 0 Å². The largest absolute Gasteiger partial charge is 0.508 e. The van der Waals surface area contributed by atoms with E-state index in [-0.39, 0.29) is 11.4 Å². The molecule has 0 spiro atoms. The van der Waals surface area contributed by atoms with Gasteiger partial charge < -0.3 is 9.84 Å². The molecular formula is C16H19NO2. The molecule has 2 rings (SSSR count). The van der Waals surface area contributed by atoms with Crippen LogP contribution >= 0.6 is 0 Å². The first kappa shape index (κ1) is 13.4. The van der Waals surface area contributed by atoms with E-state index in [4.69, 9.17) is 4.74 Å². The summed E-state index contributed by atoms with van der Waals surface area (Å²) in [7, 11) is 0. The first-order valence-electron chi connectivity index (χ1n) is 6.31. The smallest absolute Gasteiger partial charge is 0.127 e. The van der Waals surface area contributed by atoms with Gasteiger partial charge in [-0.2, -0.15) is 0 Å². The second kappa shape index (κ2) is 4.92. The zero-order valence-electron chi connectivity index (χ0n) is 11.4. The minimum atomic E-state index is -0.206.